The maximum Gasteiger partial charge on any atom is 0.573 e. The molecule has 0 saturated carbocycles. The van der Waals surface area contributed by atoms with E-state index in [1.54, 1.807) is 36.7 Å². The quantitative estimate of drug-likeness (QED) is 0.165. The molecule has 228 valence electrons. The van der Waals surface area contributed by atoms with Gasteiger partial charge >= 0.3 is 6.36 Å². The van der Waals surface area contributed by atoms with Crippen LogP contribution in [0.25, 0.3) is 33.1 Å². The molecule has 13 heteroatoms. The van der Waals surface area contributed by atoms with E-state index in [1.807, 2.05) is 48.5 Å². The zero-order chi connectivity index (χ0) is 31.9. The highest BCUT2D eigenvalue weighted by atomic mass is 35.5. The lowest BCUT2D eigenvalue weighted by molar-refractivity contribution is -0.274. The number of rotatable bonds is 6. The lowest BCUT2D eigenvalue weighted by atomic mass is 10.1. The fourth-order valence-corrected chi connectivity index (χ4v) is 4.35. The second kappa shape index (κ2) is 13.4. The predicted octanol–water partition coefficient (Wildman–Crippen LogP) is 8.85. The summed E-state index contributed by atoms with van der Waals surface area (Å²) in [6.07, 6.45) is 1.39. The minimum absolute atomic E-state index is 0.301. The molecule has 0 N–H and O–H groups in total. The van der Waals surface area contributed by atoms with Crippen LogP contribution in [0.2, 0.25) is 5.15 Å². The first-order valence-corrected chi connectivity index (χ1v) is 13.9. The van der Waals surface area contributed by atoms with Crippen LogP contribution in [0.15, 0.2) is 122 Å². The van der Waals surface area contributed by atoms with Gasteiger partial charge in [0.05, 0.1) is 16.7 Å². The Morgan fingerprint density at radius 2 is 1.09 bits per heavy atom. The Labute approximate surface area is 264 Å². The molecule has 0 saturated heterocycles. The van der Waals surface area contributed by atoms with Crippen LogP contribution in [0.3, 0.4) is 0 Å². The van der Waals surface area contributed by atoms with Crippen molar-refractivity contribution in [3.63, 3.8) is 0 Å². The molecule has 0 spiro atoms. The third-order valence-corrected chi connectivity index (χ3v) is 6.44. The van der Waals surface area contributed by atoms with E-state index in [4.69, 9.17) is 21.1 Å². The first-order valence-electron chi connectivity index (χ1n) is 13.5. The Kier molecular flexibility index (Phi) is 8.79. The standard InChI is InChI=1S/C20H12F3N3O2.C13H8ClN3O/c21-20(22,23)28-15-6-3-14(4-7-15)18-11-19(26-12-25-18)27-16-8-5-13-2-1-9-24-17(13)10-16;14-12-7-13(17-8-16-12)18-10-4-3-9-2-1-5-15-11(9)6-10/h1-12H;1-8H. The molecule has 4 aromatic heterocycles. The number of nitrogens with zero attached hydrogens (tertiary/aromatic N) is 6. The Morgan fingerprint density at radius 3 is 1.65 bits per heavy atom. The average Bonchev–Trinajstić information content (AvgIpc) is 3.05. The Bertz CT molecular complexity index is 2120. The zero-order valence-corrected chi connectivity index (χ0v) is 24.2. The molecule has 0 amide bonds. The van der Waals surface area contributed by atoms with Gasteiger partial charge in [0.15, 0.2) is 0 Å². The summed E-state index contributed by atoms with van der Waals surface area (Å²) in [5.41, 5.74) is 2.76. The first kappa shape index (κ1) is 30.2. The SMILES string of the molecule is Clc1cc(Oc2ccc3cccnc3c2)ncn1.FC(F)(F)Oc1ccc(-c2cc(Oc3ccc4cccnc4c3)ncn2)cc1. The normalized spacial score (nSPS) is 11.0. The summed E-state index contributed by atoms with van der Waals surface area (Å²) in [6.45, 7) is 0. The third-order valence-electron chi connectivity index (χ3n) is 6.23. The van der Waals surface area contributed by atoms with E-state index in [9.17, 15) is 13.2 Å². The molecular formula is C33H20ClF3N6O3. The van der Waals surface area contributed by atoms with Gasteiger partial charge in [-0.15, -0.1) is 13.2 Å². The van der Waals surface area contributed by atoms with E-state index < -0.39 is 6.36 Å². The summed E-state index contributed by atoms with van der Waals surface area (Å²) in [5.74, 6) is 1.63. The van der Waals surface area contributed by atoms with Crippen LogP contribution in [0, 0.1) is 0 Å². The number of ether oxygens (including phenoxy) is 3. The molecule has 46 heavy (non-hydrogen) atoms. The smallest absolute Gasteiger partial charge is 0.439 e. The number of halogens is 4. The van der Waals surface area contributed by atoms with Crippen molar-refractivity contribution in [3.05, 3.63) is 127 Å². The average molecular weight is 641 g/mol. The molecule has 0 unspecified atom stereocenters. The highest BCUT2D eigenvalue weighted by molar-refractivity contribution is 6.29. The first-order chi connectivity index (χ1) is 22.3. The van der Waals surface area contributed by atoms with Gasteiger partial charge in [0.25, 0.3) is 0 Å². The van der Waals surface area contributed by atoms with Crippen molar-refractivity contribution in [2.45, 2.75) is 6.36 Å². The van der Waals surface area contributed by atoms with E-state index in [0.29, 0.717) is 39.7 Å². The van der Waals surface area contributed by atoms with Gasteiger partial charge in [0, 0.05) is 53.0 Å². The number of hydrogen-bond donors (Lipinski definition) is 0. The Morgan fingerprint density at radius 1 is 0.543 bits per heavy atom. The van der Waals surface area contributed by atoms with Crippen LogP contribution in [0.5, 0.6) is 29.0 Å². The molecule has 0 bridgehead atoms. The molecule has 4 heterocycles. The van der Waals surface area contributed by atoms with Crippen LogP contribution in [0.4, 0.5) is 13.2 Å². The molecule has 0 radical (unpaired) electrons. The molecule has 0 atom stereocenters. The Balaban J connectivity index is 0.000000178. The van der Waals surface area contributed by atoms with Crippen molar-refractivity contribution in [3.8, 4) is 40.3 Å². The molecule has 0 fully saturated rings. The second-order valence-electron chi connectivity index (χ2n) is 9.41. The van der Waals surface area contributed by atoms with Gasteiger partial charge < -0.3 is 14.2 Å². The van der Waals surface area contributed by atoms with Crippen LogP contribution in [-0.2, 0) is 0 Å². The summed E-state index contributed by atoms with van der Waals surface area (Å²) >= 11 is 5.76. The van der Waals surface area contributed by atoms with Crippen molar-refractivity contribution in [2.75, 3.05) is 0 Å². The summed E-state index contributed by atoms with van der Waals surface area (Å²) in [5, 5.41) is 2.39. The predicted molar refractivity (Wildman–Crippen MR) is 165 cm³/mol. The number of hydrogen-bond acceptors (Lipinski definition) is 9. The highest BCUT2D eigenvalue weighted by Crippen LogP contribution is 2.29. The fourth-order valence-electron chi connectivity index (χ4n) is 4.21. The molecule has 3 aromatic carbocycles. The molecule has 7 aromatic rings. The van der Waals surface area contributed by atoms with Gasteiger partial charge in [-0.1, -0.05) is 23.7 Å². The van der Waals surface area contributed by atoms with Crippen molar-refractivity contribution in [2.24, 2.45) is 0 Å². The van der Waals surface area contributed by atoms with E-state index in [0.717, 1.165) is 21.8 Å². The molecule has 7 rings (SSSR count). The minimum Gasteiger partial charge on any atom is -0.439 e. The van der Waals surface area contributed by atoms with Crippen LogP contribution < -0.4 is 14.2 Å². The second-order valence-corrected chi connectivity index (χ2v) is 9.80. The number of alkyl halides is 3. The fraction of sp³-hybridized carbons (Fsp3) is 0.0303. The maximum atomic E-state index is 12.3. The van der Waals surface area contributed by atoms with Crippen LogP contribution in [-0.4, -0.2) is 36.3 Å². The van der Waals surface area contributed by atoms with Crippen molar-refractivity contribution in [1.82, 2.24) is 29.9 Å². The zero-order valence-electron chi connectivity index (χ0n) is 23.5. The Hall–Kier alpha value is -5.88. The largest absolute Gasteiger partial charge is 0.573 e. The summed E-state index contributed by atoms with van der Waals surface area (Å²) < 4.78 is 52.0. The topological polar surface area (TPSA) is 105 Å². The molecule has 0 aliphatic heterocycles. The lowest BCUT2D eigenvalue weighted by Gasteiger charge is -2.10. The van der Waals surface area contributed by atoms with Gasteiger partial charge in [-0.3, -0.25) is 9.97 Å². The van der Waals surface area contributed by atoms with E-state index >= 15 is 0 Å². The summed E-state index contributed by atoms with van der Waals surface area (Å²) in [6, 6.07) is 27.4. The van der Waals surface area contributed by atoms with Gasteiger partial charge in [0.1, 0.15) is 35.1 Å². The van der Waals surface area contributed by atoms with Crippen molar-refractivity contribution >= 4 is 33.4 Å². The van der Waals surface area contributed by atoms with Gasteiger partial charge in [-0.05, 0) is 60.7 Å². The molecular weight excluding hydrogens is 621 g/mol. The minimum atomic E-state index is -4.73. The van der Waals surface area contributed by atoms with Crippen LogP contribution >= 0.6 is 11.6 Å². The molecule has 0 aliphatic carbocycles. The maximum absolute atomic E-state index is 12.3. The van der Waals surface area contributed by atoms with Crippen molar-refractivity contribution < 1.29 is 27.4 Å². The number of aromatic nitrogens is 6. The van der Waals surface area contributed by atoms with Gasteiger partial charge in [-0.25, -0.2) is 19.9 Å². The summed E-state index contributed by atoms with van der Waals surface area (Å²) in [7, 11) is 0. The molecule has 9 nitrogen and oxygen atoms in total. The van der Waals surface area contributed by atoms with Crippen LogP contribution in [0.1, 0.15) is 0 Å². The third kappa shape index (κ3) is 7.98. The lowest BCUT2D eigenvalue weighted by Crippen LogP contribution is -2.16. The van der Waals surface area contributed by atoms with E-state index in [-0.39, 0.29) is 5.75 Å². The number of benzene rings is 3. The molecule has 0 aliphatic rings. The monoisotopic (exact) mass is 640 g/mol. The van der Waals surface area contributed by atoms with E-state index in [2.05, 4.69) is 34.6 Å². The van der Waals surface area contributed by atoms with E-state index in [1.165, 1.54) is 36.9 Å². The number of pyridine rings is 2. The summed E-state index contributed by atoms with van der Waals surface area (Å²) in [4.78, 5) is 24.5. The van der Waals surface area contributed by atoms with Gasteiger partial charge in [-0.2, -0.15) is 0 Å². The van der Waals surface area contributed by atoms with Crippen molar-refractivity contribution in [1.29, 1.82) is 0 Å². The van der Waals surface area contributed by atoms with Gasteiger partial charge in [0.2, 0.25) is 11.8 Å². The number of fused-ring (bicyclic) bond motifs is 2. The highest BCUT2D eigenvalue weighted by Gasteiger charge is 2.31.